The lowest BCUT2D eigenvalue weighted by Crippen LogP contribution is -2.24. The first-order valence-corrected chi connectivity index (χ1v) is 5.85. The molecule has 1 unspecified atom stereocenters. The van der Waals surface area contributed by atoms with Crippen LogP contribution in [0.15, 0.2) is 12.4 Å². The van der Waals surface area contributed by atoms with E-state index in [0.717, 1.165) is 11.5 Å². The van der Waals surface area contributed by atoms with Gasteiger partial charge in [0.15, 0.2) is 0 Å². The molecule has 5 nitrogen and oxygen atoms in total. The molecule has 0 radical (unpaired) electrons. The molecular weight excluding hydrogens is 240 g/mol. The molecule has 0 aromatic carbocycles. The molecule has 7 heteroatoms. The van der Waals surface area contributed by atoms with Gasteiger partial charge in [-0.05, 0) is 13.3 Å². The van der Waals surface area contributed by atoms with Crippen molar-refractivity contribution in [3.8, 4) is 0 Å². The molecule has 1 fully saturated rings. The number of anilines is 1. The Hall–Kier alpha value is -1.79. The monoisotopic (exact) mass is 253 g/mol. The number of hydrogen-bond acceptors (Lipinski definition) is 4. The molecule has 0 bridgehead atoms. The zero-order valence-electron chi connectivity index (χ0n) is 9.92. The SMILES string of the molecule is Cc1cc(N2CCC(C(F)F)C2)n2ncnc2n1. The lowest BCUT2D eigenvalue weighted by atomic mass is 10.1. The maximum atomic E-state index is 12.7. The van der Waals surface area contributed by atoms with Gasteiger partial charge in [-0.25, -0.2) is 13.8 Å². The lowest BCUT2D eigenvalue weighted by molar-refractivity contribution is 0.0880. The highest BCUT2D eigenvalue weighted by atomic mass is 19.3. The van der Waals surface area contributed by atoms with Crippen molar-refractivity contribution >= 4 is 11.6 Å². The van der Waals surface area contributed by atoms with E-state index in [0.29, 0.717) is 25.3 Å². The van der Waals surface area contributed by atoms with Gasteiger partial charge in [-0.15, -0.1) is 0 Å². The largest absolute Gasteiger partial charge is 0.356 e. The van der Waals surface area contributed by atoms with Crippen LogP contribution in [0.1, 0.15) is 12.1 Å². The number of nitrogens with zero attached hydrogens (tertiary/aromatic N) is 5. The summed E-state index contributed by atoms with van der Waals surface area (Å²) < 4.78 is 27.0. The van der Waals surface area contributed by atoms with Crippen molar-refractivity contribution in [2.24, 2.45) is 5.92 Å². The molecule has 1 saturated heterocycles. The third kappa shape index (κ3) is 1.79. The molecule has 0 saturated carbocycles. The molecule has 0 spiro atoms. The van der Waals surface area contributed by atoms with Crippen molar-refractivity contribution in [3.63, 3.8) is 0 Å². The summed E-state index contributed by atoms with van der Waals surface area (Å²) in [6.07, 6.45) is -0.328. The van der Waals surface area contributed by atoms with E-state index in [4.69, 9.17) is 0 Å². The summed E-state index contributed by atoms with van der Waals surface area (Å²) in [5.41, 5.74) is 0.811. The zero-order chi connectivity index (χ0) is 12.7. The highest BCUT2D eigenvalue weighted by Gasteiger charge is 2.30. The fourth-order valence-electron chi connectivity index (χ4n) is 2.34. The maximum absolute atomic E-state index is 12.7. The number of alkyl halides is 2. The summed E-state index contributed by atoms with van der Waals surface area (Å²) in [5.74, 6) is 0.737. The van der Waals surface area contributed by atoms with Crippen molar-refractivity contribution in [2.45, 2.75) is 19.8 Å². The van der Waals surface area contributed by atoms with Crippen molar-refractivity contribution in [2.75, 3.05) is 18.0 Å². The first-order chi connectivity index (χ1) is 8.65. The quantitative estimate of drug-likeness (QED) is 0.814. The van der Waals surface area contributed by atoms with Gasteiger partial charge >= 0.3 is 0 Å². The fraction of sp³-hybridized carbons (Fsp3) is 0.545. The van der Waals surface area contributed by atoms with Crippen LogP contribution in [0, 0.1) is 12.8 Å². The van der Waals surface area contributed by atoms with E-state index in [1.54, 1.807) is 4.52 Å². The van der Waals surface area contributed by atoms with E-state index in [1.165, 1.54) is 6.33 Å². The predicted octanol–water partition coefficient (Wildman–Crippen LogP) is 1.52. The minimum Gasteiger partial charge on any atom is -0.356 e. The first-order valence-electron chi connectivity index (χ1n) is 5.85. The maximum Gasteiger partial charge on any atom is 0.254 e. The second-order valence-electron chi connectivity index (χ2n) is 4.56. The van der Waals surface area contributed by atoms with Gasteiger partial charge in [0.2, 0.25) is 6.43 Å². The van der Waals surface area contributed by atoms with Gasteiger partial charge in [0.1, 0.15) is 12.1 Å². The molecule has 2 aromatic heterocycles. The summed E-state index contributed by atoms with van der Waals surface area (Å²) in [7, 11) is 0. The van der Waals surface area contributed by atoms with Crippen LogP contribution in [0.5, 0.6) is 0 Å². The molecule has 0 amide bonds. The predicted molar refractivity (Wildman–Crippen MR) is 61.8 cm³/mol. The fourth-order valence-corrected chi connectivity index (χ4v) is 2.34. The van der Waals surface area contributed by atoms with E-state index < -0.39 is 12.3 Å². The van der Waals surface area contributed by atoms with Crippen LogP contribution in [0.25, 0.3) is 5.78 Å². The molecule has 2 aromatic rings. The molecule has 96 valence electrons. The minimum atomic E-state index is -2.26. The number of hydrogen-bond donors (Lipinski definition) is 0. The van der Waals surface area contributed by atoms with Gasteiger partial charge in [0.25, 0.3) is 5.78 Å². The molecule has 3 rings (SSSR count). The molecule has 0 aliphatic carbocycles. The number of halogens is 2. The van der Waals surface area contributed by atoms with E-state index >= 15 is 0 Å². The van der Waals surface area contributed by atoms with E-state index in [1.807, 2.05) is 17.9 Å². The van der Waals surface area contributed by atoms with Crippen LogP contribution in [-0.4, -0.2) is 39.1 Å². The number of rotatable bonds is 2. The summed E-state index contributed by atoms with van der Waals surface area (Å²) in [5, 5.41) is 4.09. The second kappa shape index (κ2) is 4.15. The van der Waals surface area contributed by atoms with Crippen LogP contribution in [-0.2, 0) is 0 Å². The smallest absolute Gasteiger partial charge is 0.254 e. The van der Waals surface area contributed by atoms with E-state index in [-0.39, 0.29) is 0 Å². The van der Waals surface area contributed by atoms with E-state index in [2.05, 4.69) is 15.1 Å². The van der Waals surface area contributed by atoms with Gasteiger partial charge in [-0.2, -0.15) is 14.6 Å². The Kier molecular flexibility index (Phi) is 2.61. The van der Waals surface area contributed by atoms with Crippen LogP contribution < -0.4 is 4.90 Å². The van der Waals surface area contributed by atoms with Gasteiger partial charge < -0.3 is 4.90 Å². The third-order valence-corrected chi connectivity index (χ3v) is 3.27. The molecule has 0 N–H and O–H groups in total. The standard InChI is InChI=1S/C11H13F2N5/c1-7-4-9(18-11(16-7)14-6-15-18)17-3-2-8(5-17)10(12)13/h4,6,8,10H,2-3,5H2,1H3. The molecule has 1 atom stereocenters. The molecular formula is C11H13F2N5. The minimum absolute atomic E-state index is 0.357. The van der Waals surface area contributed by atoms with Crippen LogP contribution in [0.4, 0.5) is 14.6 Å². The molecule has 18 heavy (non-hydrogen) atoms. The van der Waals surface area contributed by atoms with Crippen molar-refractivity contribution in [1.82, 2.24) is 19.6 Å². The Morgan fingerprint density at radius 1 is 1.44 bits per heavy atom. The topological polar surface area (TPSA) is 46.3 Å². The Morgan fingerprint density at radius 3 is 3.00 bits per heavy atom. The van der Waals surface area contributed by atoms with Gasteiger partial charge in [-0.1, -0.05) is 0 Å². The van der Waals surface area contributed by atoms with Crippen LogP contribution in [0.3, 0.4) is 0 Å². The van der Waals surface area contributed by atoms with Gasteiger partial charge in [-0.3, -0.25) is 0 Å². The van der Waals surface area contributed by atoms with Crippen molar-refractivity contribution in [1.29, 1.82) is 0 Å². The average Bonchev–Trinajstić information content (AvgIpc) is 2.95. The first kappa shape index (κ1) is 11.3. The average molecular weight is 253 g/mol. The third-order valence-electron chi connectivity index (χ3n) is 3.27. The molecule has 1 aliphatic heterocycles. The zero-order valence-corrected chi connectivity index (χ0v) is 9.92. The van der Waals surface area contributed by atoms with Crippen molar-refractivity contribution in [3.05, 3.63) is 18.1 Å². The number of aromatic nitrogens is 4. The Morgan fingerprint density at radius 2 is 2.28 bits per heavy atom. The molecule has 3 heterocycles. The Bertz CT molecular complexity index is 568. The number of aryl methyl sites for hydroxylation is 1. The summed E-state index contributed by atoms with van der Waals surface area (Å²) in [6.45, 7) is 2.84. The Balaban J connectivity index is 1.97. The van der Waals surface area contributed by atoms with E-state index in [9.17, 15) is 8.78 Å². The summed E-state index contributed by atoms with van der Waals surface area (Å²) >= 11 is 0. The second-order valence-corrected chi connectivity index (χ2v) is 4.56. The van der Waals surface area contributed by atoms with Gasteiger partial charge in [0, 0.05) is 30.8 Å². The summed E-state index contributed by atoms with van der Waals surface area (Å²) in [4.78, 5) is 10.2. The summed E-state index contributed by atoms with van der Waals surface area (Å²) in [6, 6.07) is 1.86. The van der Waals surface area contributed by atoms with Gasteiger partial charge in [0.05, 0.1) is 0 Å². The van der Waals surface area contributed by atoms with Crippen LogP contribution in [0.2, 0.25) is 0 Å². The van der Waals surface area contributed by atoms with Crippen LogP contribution >= 0.6 is 0 Å². The highest BCUT2D eigenvalue weighted by molar-refractivity contribution is 5.47. The van der Waals surface area contributed by atoms with Crippen molar-refractivity contribution < 1.29 is 8.78 Å². The normalized spacial score (nSPS) is 20.2. The highest BCUT2D eigenvalue weighted by Crippen LogP contribution is 2.27. The lowest BCUT2D eigenvalue weighted by Gasteiger charge is -2.19. The molecule has 1 aliphatic rings. The number of fused-ring (bicyclic) bond motifs is 1. The Labute approximate surface area is 102 Å².